The van der Waals surface area contributed by atoms with E-state index >= 15 is 0 Å². The molecule has 4 amide bonds. The number of amides is 4. The van der Waals surface area contributed by atoms with Crippen LogP contribution in [0.3, 0.4) is 0 Å². The van der Waals surface area contributed by atoms with Gasteiger partial charge in [-0.25, -0.2) is 0 Å². The van der Waals surface area contributed by atoms with Gasteiger partial charge < -0.3 is 67.5 Å². The van der Waals surface area contributed by atoms with Crippen molar-refractivity contribution in [2.45, 2.75) is 19.3 Å². The summed E-state index contributed by atoms with van der Waals surface area (Å²) in [6.45, 7) is 2.87. The summed E-state index contributed by atoms with van der Waals surface area (Å²) in [5, 5.41) is 42.0. The number of nitro groups is 3. The Morgan fingerprint density at radius 2 is 0.824 bits per heavy atom. The number of ether oxygens (including phenoxy) is 5. The van der Waals surface area contributed by atoms with Gasteiger partial charge in [-0.05, 0) is 54.6 Å². The average molecular weight is 1030 g/mol. The van der Waals surface area contributed by atoms with Gasteiger partial charge in [0.15, 0.2) is 5.78 Å². The second kappa shape index (κ2) is 28.0. The standard InChI is InChI=1S/2C9H8N2O4.2C9H10N2O2.C9H7NO4.N3.Na/c12-9-7-5-6(11(13)14)1-2-8(7)15-4-3-10-9;12-9-3-4-15-8-2-1-6(11(13)14)5-7(8)10-9;10-6-1-2-8-7(5-6)9(12)11-3-4-13-8;10-6-1-2-8-7(5-6)11-9(12)3-4-13-8;11-8-3-4-14-9-2-1-6(10(12)13)5-7(8)9;1-3-2;/h2*1-2,5H,3-4H2,(H,10,12);2*1-2,5H,3-4,10H2,(H,11,12);1-2,5H,3-4H2;;/q;;;;;-1;+1. The number of fused-ring (bicyclic) bond motifs is 5. The Kier molecular flexibility index (Phi) is 21.7. The molecular weight excluding hydrogens is 988 g/mol. The summed E-state index contributed by atoms with van der Waals surface area (Å²) in [5.74, 6) is 1.76. The minimum Gasteiger partial charge on any atom is -0.492 e. The van der Waals surface area contributed by atoms with E-state index in [2.05, 4.69) is 21.3 Å². The Hall–Kier alpha value is -9.24. The summed E-state index contributed by atoms with van der Waals surface area (Å²) in [4.78, 5) is 87.9. The number of hydrogen-bond acceptors (Lipinski definition) is 18. The molecule has 0 unspecified atom stereocenters. The zero-order valence-corrected chi connectivity index (χ0v) is 41.1. The molecule has 0 aromatic heterocycles. The molecule has 5 aromatic carbocycles. The number of nitrogens with zero attached hydrogens (tertiary/aromatic N) is 6. The molecule has 28 nitrogen and oxygen atoms in total. The first-order valence-corrected chi connectivity index (χ1v) is 21.4. The molecule has 0 bridgehead atoms. The maximum absolute atomic E-state index is 11.5. The number of anilines is 4. The van der Waals surface area contributed by atoms with E-state index in [0.717, 1.165) is 0 Å². The number of nitrogens with one attached hydrogen (secondary N) is 4. The van der Waals surface area contributed by atoms with Crippen molar-refractivity contribution in [1.82, 2.24) is 10.6 Å². The van der Waals surface area contributed by atoms with Crippen LogP contribution in [0.25, 0.3) is 16.0 Å². The number of Topliss-reactive ketones (excluding diaryl/α,β-unsaturated/α-hetero) is 1. The first-order valence-electron chi connectivity index (χ1n) is 21.4. The first kappa shape index (κ1) is 57.3. The molecule has 8 N–H and O–H groups in total. The Labute approximate surface area is 440 Å². The van der Waals surface area contributed by atoms with Gasteiger partial charge in [-0.2, -0.15) is 0 Å². The predicted molar refractivity (Wildman–Crippen MR) is 259 cm³/mol. The largest absolute Gasteiger partial charge is 1.00 e. The van der Waals surface area contributed by atoms with Crippen LogP contribution in [0.15, 0.2) is 91.0 Å². The van der Waals surface area contributed by atoms with Crippen molar-refractivity contribution in [3.63, 3.8) is 0 Å². The summed E-state index contributed by atoms with van der Waals surface area (Å²) in [5.41, 5.74) is 27.6. The summed E-state index contributed by atoms with van der Waals surface area (Å²) in [7, 11) is 0. The molecule has 0 spiro atoms. The van der Waals surface area contributed by atoms with Crippen LogP contribution in [-0.4, -0.2) is 90.3 Å². The smallest absolute Gasteiger partial charge is 0.492 e. The molecular formula is C45H43N12NaO16. The third-order valence-electron chi connectivity index (χ3n) is 9.92. The maximum atomic E-state index is 11.5. The quantitative estimate of drug-likeness (QED) is 0.0288. The molecule has 0 atom stereocenters. The zero-order chi connectivity index (χ0) is 53.0. The molecule has 0 radical (unpaired) electrons. The van der Waals surface area contributed by atoms with Gasteiger partial charge in [0.1, 0.15) is 42.0 Å². The molecule has 0 saturated heterocycles. The van der Waals surface area contributed by atoms with Gasteiger partial charge in [-0.3, -0.25) is 59.2 Å². The molecule has 5 aromatic rings. The third kappa shape index (κ3) is 16.7. The van der Waals surface area contributed by atoms with E-state index in [0.29, 0.717) is 109 Å². The Morgan fingerprint density at radius 3 is 1.32 bits per heavy atom. The van der Waals surface area contributed by atoms with Crippen molar-refractivity contribution in [2.24, 2.45) is 0 Å². The molecule has 10 rings (SSSR count). The molecule has 0 fully saturated rings. The summed E-state index contributed by atoms with van der Waals surface area (Å²) >= 11 is 0. The van der Waals surface area contributed by atoms with E-state index in [1.54, 1.807) is 36.4 Å². The van der Waals surface area contributed by atoms with E-state index in [1.165, 1.54) is 59.5 Å². The molecule has 0 saturated carbocycles. The van der Waals surface area contributed by atoms with Gasteiger partial charge in [0.25, 0.3) is 28.9 Å². The summed E-state index contributed by atoms with van der Waals surface area (Å²) in [6, 6.07) is 22.4. The van der Waals surface area contributed by atoms with Gasteiger partial charge >= 0.3 is 29.6 Å². The van der Waals surface area contributed by atoms with Crippen LogP contribution >= 0.6 is 0 Å². The predicted octanol–water partition coefficient (Wildman–Crippen LogP) is 2.84. The molecule has 74 heavy (non-hydrogen) atoms. The van der Waals surface area contributed by atoms with Gasteiger partial charge in [0.05, 0.1) is 88.6 Å². The van der Waals surface area contributed by atoms with Crippen molar-refractivity contribution >= 4 is 69.2 Å². The number of rotatable bonds is 3. The van der Waals surface area contributed by atoms with Gasteiger partial charge in [-0.1, -0.05) is 0 Å². The molecule has 5 aliphatic rings. The third-order valence-corrected chi connectivity index (χ3v) is 9.92. The number of nitrogen functional groups attached to an aromatic ring is 2. The van der Waals surface area contributed by atoms with Gasteiger partial charge in [0, 0.05) is 54.2 Å². The van der Waals surface area contributed by atoms with Crippen LogP contribution in [0, 0.1) is 30.3 Å². The fourth-order valence-corrected chi connectivity index (χ4v) is 6.55. The van der Waals surface area contributed by atoms with Crippen LogP contribution in [0.5, 0.6) is 28.7 Å². The number of nitro benzene ring substituents is 3. The second-order valence-electron chi connectivity index (χ2n) is 14.9. The number of non-ortho nitro benzene ring substituents is 3. The number of hydrogen-bond donors (Lipinski definition) is 6. The second-order valence-corrected chi connectivity index (χ2v) is 14.9. The number of nitrogens with two attached hydrogens (primary N) is 2. The number of ketones is 1. The van der Waals surface area contributed by atoms with Crippen LogP contribution in [0.1, 0.15) is 50.3 Å². The van der Waals surface area contributed by atoms with E-state index < -0.39 is 14.8 Å². The number of benzene rings is 5. The van der Waals surface area contributed by atoms with Crippen molar-refractivity contribution in [3.05, 3.63) is 154 Å². The van der Waals surface area contributed by atoms with Crippen LogP contribution in [-0.2, 0) is 9.59 Å². The Balaban J connectivity index is 0.000000197. The molecule has 380 valence electrons. The minimum absolute atomic E-state index is 0. The molecule has 5 heterocycles. The first-order chi connectivity index (χ1) is 35.0. The van der Waals surface area contributed by atoms with Gasteiger partial charge in [0.2, 0.25) is 11.8 Å². The fraction of sp³-hybridized carbons (Fsp3) is 0.222. The normalized spacial score (nSPS) is 14.1. The molecule has 0 aliphatic carbocycles. The van der Waals surface area contributed by atoms with E-state index in [4.69, 9.17) is 46.2 Å². The molecule has 29 heteroatoms. The number of carbonyl (C=O) groups is 5. The van der Waals surface area contributed by atoms with Crippen molar-refractivity contribution < 1.29 is 92.0 Å². The monoisotopic (exact) mass is 1030 g/mol. The topological polar surface area (TPSA) is 420 Å². The van der Waals surface area contributed by atoms with Crippen molar-refractivity contribution in [2.75, 3.05) is 68.2 Å². The van der Waals surface area contributed by atoms with Crippen LogP contribution in [0.2, 0.25) is 0 Å². The summed E-state index contributed by atoms with van der Waals surface area (Å²) in [6.07, 6.45) is 0.922. The van der Waals surface area contributed by atoms with Crippen molar-refractivity contribution in [3.8, 4) is 28.7 Å². The minimum atomic E-state index is -0.543. The van der Waals surface area contributed by atoms with Crippen molar-refractivity contribution in [1.29, 1.82) is 0 Å². The van der Waals surface area contributed by atoms with E-state index in [-0.39, 0.29) is 101 Å². The number of carbonyl (C=O) groups excluding carboxylic acids is 5. The Bertz CT molecular complexity index is 2970. The summed E-state index contributed by atoms with van der Waals surface area (Å²) < 4.78 is 26.4. The SMILES string of the molecule is Nc1ccc2c(c1)C(=O)NCCO2.Nc1ccc2c(c1)NC(=O)CCO2.O=C1CCOc2ccc([N+](=O)[O-])cc21.O=C1CCOc2ccc([N+](=O)[O-])cc2N1.O=C1NCCOc2ccc([N+](=O)[O-])cc21.[N-]=[N+]=[N-].[Na+]. The van der Waals surface area contributed by atoms with Crippen LogP contribution < -0.4 is 86.0 Å². The van der Waals surface area contributed by atoms with Crippen LogP contribution in [0.4, 0.5) is 39.8 Å². The van der Waals surface area contributed by atoms with E-state index in [9.17, 15) is 54.3 Å². The average Bonchev–Trinajstić information content (AvgIpc) is 3.84. The fourth-order valence-electron chi connectivity index (χ4n) is 6.55. The Morgan fingerprint density at radius 1 is 0.473 bits per heavy atom. The van der Waals surface area contributed by atoms with E-state index in [1.807, 2.05) is 0 Å². The molecule has 5 aliphatic heterocycles. The zero-order valence-electron chi connectivity index (χ0n) is 39.1. The van der Waals surface area contributed by atoms with Gasteiger partial charge in [-0.15, -0.1) is 0 Å². The maximum Gasteiger partial charge on any atom is 1.00 e.